The first-order chi connectivity index (χ1) is 5.83. The maximum Gasteiger partial charge on any atom is 0.245 e. The molecule has 1 unspecified atom stereocenters. The first kappa shape index (κ1) is 10.4. The van der Waals surface area contributed by atoms with Crippen molar-refractivity contribution in [3.8, 4) is 0 Å². The van der Waals surface area contributed by atoms with Gasteiger partial charge in [0.1, 0.15) is 0 Å². The molecule has 2 nitrogen and oxygen atoms in total. The van der Waals surface area contributed by atoms with Gasteiger partial charge in [-0.15, -0.1) is 32.8 Å². The Bertz CT molecular complexity index is 188. The van der Waals surface area contributed by atoms with E-state index in [9.17, 15) is 4.79 Å². The zero-order valence-corrected chi connectivity index (χ0v) is 9.50. The zero-order valence-electron chi connectivity index (χ0n) is 6.71. The Morgan fingerprint density at radius 2 is 2.25 bits per heavy atom. The van der Waals surface area contributed by atoms with Gasteiger partial charge in [0.05, 0.1) is 0 Å². The zero-order chi connectivity index (χ0) is 8.81. The van der Waals surface area contributed by atoms with E-state index in [0.29, 0.717) is 6.29 Å². The minimum absolute atomic E-state index is 0.0156. The van der Waals surface area contributed by atoms with E-state index >= 15 is 0 Å². The summed E-state index contributed by atoms with van der Waals surface area (Å²) in [5.41, 5.74) is 0. The molecule has 0 bridgehead atoms. The number of nitrogens with one attached hydrogen (secondary N) is 1. The maximum absolute atomic E-state index is 11.1. The molecular weight excluding hydrogens is 209 g/mol. The lowest BCUT2D eigenvalue weighted by molar-refractivity contribution is -0.116. The second-order valence-electron chi connectivity index (χ2n) is 2.26. The minimum Gasteiger partial charge on any atom is -0.349 e. The summed E-state index contributed by atoms with van der Waals surface area (Å²) in [4.78, 5) is 11.1. The van der Waals surface area contributed by atoms with E-state index < -0.39 is 0 Å². The molecule has 1 aliphatic rings. The summed E-state index contributed by atoms with van der Waals surface area (Å²) in [7, 11) is 2.47. The monoisotopic (exact) mass is 221 g/mol. The van der Waals surface area contributed by atoms with Crippen LogP contribution in [0.5, 0.6) is 0 Å². The summed E-state index contributed by atoms with van der Waals surface area (Å²) in [6, 6.07) is 0. The highest BCUT2D eigenvalue weighted by atomic mass is 32.2. The van der Waals surface area contributed by atoms with E-state index in [1.165, 1.54) is 6.42 Å². The Morgan fingerprint density at radius 1 is 1.58 bits per heavy atom. The Morgan fingerprint density at radius 3 is 2.83 bits per heavy atom. The summed E-state index contributed by atoms with van der Waals surface area (Å²) in [5.74, 6) is 2.31. The van der Waals surface area contributed by atoms with Crippen LogP contribution in [0.3, 0.4) is 0 Å². The molecule has 0 spiro atoms. The number of hydrogen-bond acceptors (Lipinski definition) is 3. The van der Waals surface area contributed by atoms with Crippen molar-refractivity contribution in [3.05, 3.63) is 10.3 Å². The molecule has 0 saturated carbocycles. The summed E-state index contributed by atoms with van der Waals surface area (Å²) < 4.78 is 1.15. The van der Waals surface area contributed by atoms with Crippen LogP contribution in [0.15, 0.2) is 10.3 Å². The van der Waals surface area contributed by atoms with Crippen molar-refractivity contribution >= 4 is 38.7 Å². The third kappa shape index (κ3) is 3.83. The Labute approximate surface area is 83.5 Å². The van der Waals surface area contributed by atoms with Crippen molar-refractivity contribution < 1.29 is 4.79 Å². The van der Waals surface area contributed by atoms with E-state index in [1.807, 2.05) is 0 Å². The molecule has 1 N–H and O–H groups in total. The quantitative estimate of drug-likeness (QED) is 0.568. The summed E-state index contributed by atoms with van der Waals surface area (Å²) in [6.45, 7) is 0. The van der Waals surface area contributed by atoms with Crippen LogP contribution in [-0.4, -0.2) is 23.7 Å². The summed E-state index contributed by atoms with van der Waals surface area (Å²) in [5, 5.41) is 2.71. The summed E-state index contributed by atoms with van der Waals surface area (Å²) in [6.07, 6.45) is 3.56. The molecule has 12 heavy (non-hydrogen) atoms. The van der Waals surface area contributed by atoms with Gasteiger partial charge in [-0.3, -0.25) is 4.79 Å². The molecule has 0 aliphatic carbocycles. The van der Waals surface area contributed by atoms with Gasteiger partial charge >= 0.3 is 0 Å². The van der Waals surface area contributed by atoms with Crippen LogP contribution in [-0.2, 0) is 4.79 Å². The van der Waals surface area contributed by atoms with Crippen molar-refractivity contribution in [1.82, 2.24) is 5.32 Å². The predicted octanol–water partition coefficient (Wildman–Crippen LogP) is 1.65. The van der Waals surface area contributed by atoms with Crippen molar-refractivity contribution in [2.24, 2.45) is 0 Å². The number of thioether (sulfide) groups is 2. The van der Waals surface area contributed by atoms with Gasteiger partial charge in [0.25, 0.3) is 0 Å². The van der Waals surface area contributed by atoms with E-state index in [0.717, 1.165) is 15.7 Å². The number of carbonyl (C=O) groups is 1. The number of hydrogen-bond donors (Lipinski definition) is 1. The predicted molar refractivity (Wildman–Crippen MR) is 60.3 cm³/mol. The van der Waals surface area contributed by atoms with Crippen LogP contribution in [0.4, 0.5) is 0 Å². The van der Waals surface area contributed by atoms with E-state index in [4.69, 9.17) is 0 Å². The number of carbonyl (C=O) groups excluding carboxylic acids is 1. The molecule has 1 aliphatic heterocycles. The molecule has 68 valence electrons. The van der Waals surface area contributed by atoms with Gasteiger partial charge in [0.2, 0.25) is 5.91 Å². The normalized spacial score (nSPS) is 17.2. The highest BCUT2D eigenvalue weighted by Crippen LogP contribution is 2.34. The molecule has 0 aromatic carbocycles. The van der Waals surface area contributed by atoms with Crippen molar-refractivity contribution in [1.29, 1.82) is 0 Å². The lowest BCUT2D eigenvalue weighted by Gasteiger charge is -2.11. The Balaban J connectivity index is 2.37. The molecule has 1 amide bonds. The largest absolute Gasteiger partial charge is 0.349 e. The fourth-order valence-corrected chi connectivity index (χ4v) is 3.37. The third-order valence-electron chi connectivity index (χ3n) is 1.30. The summed E-state index contributed by atoms with van der Waals surface area (Å²) >= 11 is 3.55. The molecule has 1 heterocycles. The first-order valence-corrected chi connectivity index (χ1v) is 6.57. The Kier molecular flexibility index (Phi) is 5.12. The van der Waals surface area contributed by atoms with Gasteiger partial charge in [-0.2, -0.15) is 0 Å². The number of amides is 1. The molecular formula is C7H12NOPS2. The fraction of sp³-hybridized carbons (Fsp3) is 0.571. The van der Waals surface area contributed by atoms with E-state index in [2.05, 4.69) is 14.6 Å². The van der Waals surface area contributed by atoms with E-state index in [-0.39, 0.29) is 5.91 Å². The average Bonchev–Trinajstić information content (AvgIpc) is 2.06. The van der Waals surface area contributed by atoms with Crippen LogP contribution in [0.2, 0.25) is 0 Å². The standard InChI is InChI=1S/C7H12NOPS2/c9-6(8-5-10)4-7-11-2-1-3-12-7/h4H,1-3,5,10H2,(H,8,9). The van der Waals surface area contributed by atoms with Gasteiger partial charge in [-0.1, -0.05) is 0 Å². The molecule has 1 rings (SSSR count). The first-order valence-electron chi connectivity index (χ1n) is 3.78. The highest BCUT2D eigenvalue weighted by molar-refractivity contribution is 8.22. The SMILES string of the molecule is O=C(C=C1SCCCS1)NCP. The van der Waals surface area contributed by atoms with Crippen molar-refractivity contribution in [2.45, 2.75) is 6.42 Å². The second kappa shape index (κ2) is 5.90. The molecule has 1 fully saturated rings. The second-order valence-corrected chi connectivity index (χ2v) is 5.20. The van der Waals surface area contributed by atoms with Gasteiger partial charge in [0.15, 0.2) is 0 Å². The van der Waals surface area contributed by atoms with Crippen molar-refractivity contribution in [3.63, 3.8) is 0 Å². The average molecular weight is 221 g/mol. The van der Waals surface area contributed by atoms with Crippen LogP contribution < -0.4 is 5.32 Å². The Hall–Kier alpha value is 0.340. The van der Waals surface area contributed by atoms with Gasteiger partial charge in [-0.05, 0) is 17.9 Å². The van der Waals surface area contributed by atoms with Crippen LogP contribution >= 0.6 is 32.8 Å². The highest BCUT2D eigenvalue weighted by Gasteiger charge is 2.07. The molecule has 0 aromatic heterocycles. The minimum atomic E-state index is 0.0156. The van der Waals surface area contributed by atoms with Gasteiger partial charge in [-0.25, -0.2) is 0 Å². The topological polar surface area (TPSA) is 29.1 Å². The van der Waals surface area contributed by atoms with Crippen LogP contribution in [0.25, 0.3) is 0 Å². The lowest BCUT2D eigenvalue weighted by Crippen LogP contribution is -2.18. The molecule has 1 atom stereocenters. The molecule has 0 radical (unpaired) electrons. The molecule has 0 aromatic rings. The fourth-order valence-electron chi connectivity index (χ4n) is 0.788. The van der Waals surface area contributed by atoms with Gasteiger partial charge in [0, 0.05) is 16.6 Å². The van der Waals surface area contributed by atoms with E-state index in [1.54, 1.807) is 29.6 Å². The maximum atomic E-state index is 11.1. The molecule has 1 saturated heterocycles. The smallest absolute Gasteiger partial charge is 0.245 e. The molecule has 5 heteroatoms. The van der Waals surface area contributed by atoms with Gasteiger partial charge < -0.3 is 5.32 Å². The number of rotatable bonds is 2. The third-order valence-corrected chi connectivity index (χ3v) is 4.00. The van der Waals surface area contributed by atoms with Crippen LogP contribution in [0, 0.1) is 0 Å². The van der Waals surface area contributed by atoms with Crippen molar-refractivity contribution in [2.75, 3.05) is 17.8 Å². The lowest BCUT2D eigenvalue weighted by atomic mass is 10.6. The van der Waals surface area contributed by atoms with Crippen LogP contribution in [0.1, 0.15) is 6.42 Å².